The average Bonchev–Trinajstić information content (AvgIpc) is 3.13. The molecule has 0 aliphatic carbocycles. The van der Waals surface area contributed by atoms with Crippen molar-refractivity contribution in [1.29, 1.82) is 0 Å². The maximum atomic E-state index is 13.4. The van der Waals surface area contributed by atoms with E-state index in [2.05, 4.69) is 0 Å². The summed E-state index contributed by atoms with van der Waals surface area (Å²) in [4.78, 5) is 28.1. The SMILES string of the molecule is COc1ccc(CN2C(=O)C(=O)/C(=C(/O)c3cc(Cl)c(OC)c(Cl)c3)C2c2ccc(OC(C)C)cc2)cc1. The van der Waals surface area contributed by atoms with E-state index in [1.807, 2.05) is 26.0 Å². The van der Waals surface area contributed by atoms with Gasteiger partial charge in [-0.25, -0.2) is 0 Å². The highest BCUT2D eigenvalue weighted by Crippen LogP contribution is 2.43. The second kappa shape index (κ2) is 11.4. The topological polar surface area (TPSA) is 85.3 Å². The van der Waals surface area contributed by atoms with E-state index in [-0.39, 0.29) is 45.3 Å². The van der Waals surface area contributed by atoms with E-state index in [9.17, 15) is 14.7 Å². The lowest BCUT2D eigenvalue weighted by atomic mass is 9.95. The van der Waals surface area contributed by atoms with Crippen molar-refractivity contribution in [2.24, 2.45) is 0 Å². The minimum Gasteiger partial charge on any atom is -0.507 e. The Balaban J connectivity index is 1.84. The molecule has 3 aromatic rings. The van der Waals surface area contributed by atoms with Gasteiger partial charge in [-0.1, -0.05) is 47.5 Å². The minimum atomic E-state index is -0.871. The zero-order chi connectivity index (χ0) is 27.6. The van der Waals surface area contributed by atoms with Crippen molar-refractivity contribution >= 4 is 40.7 Å². The summed E-state index contributed by atoms with van der Waals surface area (Å²) in [5.74, 6) is -0.389. The summed E-state index contributed by atoms with van der Waals surface area (Å²) in [6, 6.07) is 16.3. The van der Waals surface area contributed by atoms with Crippen LogP contribution in [0.1, 0.15) is 36.6 Å². The van der Waals surface area contributed by atoms with Crippen LogP contribution in [0.25, 0.3) is 5.76 Å². The van der Waals surface area contributed by atoms with Crippen LogP contribution in [0.4, 0.5) is 0 Å². The number of hydrogen-bond acceptors (Lipinski definition) is 6. The Labute approximate surface area is 231 Å². The van der Waals surface area contributed by atoms with E-state index in [4.69, 9.17) is 37.4 Å². The van der Waals surface area contributed by atoms with Crippen LogP contribution in [-0.2, 0) is 16.1 Å². The molecule has 1 atom stereocenters. The highest BCUT2D eigenvalue weighted by atomic mass is 35.5. The van der Waals surface area contributed by atoms with Gasteiger partial charge in [0.1, 0.15) is 17.3 Å². The second-order valence-electron chi connectivity index (χ2n) is 8.98. The van der Waals surface area contributed by atoms with Crippen LogP contribution in [0.5, 0.6) is 17.2 Å². The van der Waals surface area contributed by atoms with E-state index in [1.54, 1.807) is 43.5 Å². The van der Waals surface area contributed by atoms with Crippen molar-refractivity contribution in [3.63, 3.8) is 0 Å². The number of Topliss-reactive ketones (excluding diaryl/α,β-unsaturated/α-hetero) is 1. The smallest absolute Gasteiger partial charge is 0.295 e. The van der Waals surface area contributed by atoms with Crippen LogP contribution in [0, 0.1) is 0 Å². The Morgan fingerprint density at radius 1 is 0.921 bits per heavy atom. The molecule has 1 fully saturated rings. The number of ether oxygens (including phenoxy) is 3. The van der Waals surface area contributed by atoms with Gasteiger partial charge >= 0.3 is 0 Å². The Hall–Kier alpha value is -3.68. The number of carbonyl (C=O) groups is 2. The lowest BCUT2D eigenvalue weighted by molar-refractivity contribution is -0.140. The third kappa shape index (κ3) is 5.44. The van der Waals surface area contributed by atoms with Crippen LogP contribution in [-0.4, -0.2) is 42.0 Å². The molecule has 0 saturated carbocycles. The summed E-state index contributed by atoms with van der Waals surface area (Å²) in [5.41, 5.74) is 1.53. The molecule has 7 nitrogen and oxygen atoms in total. The molecule has 1 saturated heterocycles. The summed E-state index contributed by atoms with van der Waals surface area (Å²) >= 11 is 12.6. The number of aliphatic hydroxyl groups is 1. The number of amides is 1. The number of rotatable bonds is 8. The number of halogens is 2. The van der Waals surface area contributed by atoms with Gasteiger partial charge in [-0.2, -0.15) is 0 Å². The van der Waals surface area contributed by atoms with Gasteiger partial charge in [0.15, 0.2) is 5.75 Å². The van der Waals surface area contributed by atoms with Crippen LogP contribution in [0.2, 0.25) is 10.0 Å². The predicted octanol–water partition coefficient (Wildman–Crippen LogP) is 6.42. The van der Waals surface area contributed by atoms with Crippen molar-refractivity contribution < 1.29 is 28.9 Å². The molecule has 1 heterocycles. The molecule has 1 aliphatic rings. The third-order valence-corrected chi connectivity index (χ3v) is 6.66. The third-order valence-electron chi connectivity index (χ3n) is 6.10. The fourth-order valence-corrected chi connectivity index (χ4v) is 5.01. The van der Waals surface area contributed by atoms with E-state index in [0.29, 0.717) is 17.1 Å². The minimum absolute atomic E-state index is 0.0221. The normalized spacial score (nSPS) is 16.7. The Bertz CT molecular complexity index is 1360. The van der Waals surface area contributed by atoms with E-state index in [1.165, 1.54) is 24.1 Å². The van der Waals surface area contributed by atoms with Gasteiger partial charge in [0.05, 0.1) is 42.0 Å². The lowest BCUT2D eigenvalue weighted by Gasteiger charge is -2.26. The predicted molar refractivity (Wildman–Crippen MR) is 146 cm³/mol. The molecule has 1 unspecified atom stereocenters. The largest absolute Gasteiger partial charge is 0.507 e. The molecule has 198 valence electrons. The first kappa shape index (κ1) is 27.4. The number of nitrogens with zero attached hydrogens (tertiary/aromatic N) is 1. The fourth-order valence-electron chi connectivity index (χ4n) is 4.37. The second-order valence-corrected chi connectivity index (χ2v) is 9.80. The standard InChI is InChI=1S/C29H27Cl2NO6/c1-16(2)38-21-11-7-18(8-12-21)25-24(26(33)19-13-22(30)28(37-4)23(31)14-19)27(34)29(35)32(25)15-17-5-9-20(36-3)10-6-17/h5-14,16,25,33H,15H2,1-4H3/b26-24+. The highest BCUT2D eigenvalue weighted by molar-refractivity contribution is 6.46. The van der Waals surface area contributed by atoms with Crippen LogP contribution >= 0.6 is 23.2 Å². The van der Waals surface area contributed by atoms with E-state index in [0.717, 1.165) is 5.56 Å². The number of carbonyl (C=O) groups excluding carboxylic acids is 2. The molecule has 9 heteroatoms. The zero-order valence-electron chi connectivity index (χ0n) is 21.3. The van der Waals surface area contributed by atoms with E-state index >= 15 is 0 Å². The highest BCUT2D eigenvalue weighted by Gasteiger charge is 2.46. The molecule has 38 heavy (non-hydrogen) atoms. The van der Waals surface area contributed by atoms with Gasteiger partial charge in [-0.3, -0.25) is 9.59 Å². The number of aliphatic hydroxyl groups excluding tert-OH is 1. The summed E-state index contributed by atoms with van der Waals surface area (Å²) in [6.45, 7) is 3.97. The van der Waals surface area contributed by atoms with Crippen molar-refractivity contribution in [2.45, 2.75) is 32.5 Å². The summed E-state index contributed by atoms with van der Waals surface area (Å²) < 4.78 is 16.2. The van der Waals surface area contributed by atoms with Gasteiger partial charge in [-0.15, -0.1) is 0 Å². The summed E-state index contributed by atoms with van der Waals surface area (Å²) in [5, 5.41) is 11.7. The Kier molecular flexibility index (Phi) is 8.19. The van der Waals surface area contributed by atoms with Crippen molar-refractivity contribution in [2.75, 3.05) is 14.2 Å². The summed E-state index contributed by atoms with van der Waals surface area (Å²) in [7, 11) is 2.99. The maximum Gasteiger partial charge on any atom is 0.295 e. The number of ketones is 1. The quantitative estimate of drug-likeness (QED) is 0.196. The molecule has 0 bridgehead atoms. The van der Waals surface area contributed by atoms with Crippen LogP contribution in [0.15, 0.2) is 66.2 Å². The van der Waals surface area contributed by atoms with Crippen molar-refractivity contribution in [1.82, 2.24) is 4.90 Å². The van der Waals surface area contributed by atoms with Gasteiger partial charge in [0.25, 0.3) is 11.7 Å². The number of benzene rings is 3. The van der Waals surface area contributed by atoms with E-state index < -0.39 is 17.7 Å². The van der Waals surface area contributed by atoms with Gasteiger partial charge in [0.2, 0.25) is 0 Å². The lowest BCUT2D eigenvalue weighted by Crippen LogP contribution is -2.29. The Morgan fingerprint density at radius 2 is 1.50 bits per heavy atom. The average molecular weight is 556 g/mol. The van der Waals surface area contributed by atoms with Crippen molar-refractivity contribution in [3.05, 3.63) is 93.0 Å². The fraction of sp³-hybridized carbons (Fsp3) is 0.241. The molecule has 0 aromatic heterocycles. The molecule has 1 aliphatic heterocycles. The Morgan fingerprint density at radius 3 is 2.03 bits per heavy atom. The summed E-state index contributed by atoms with van der Waals surface area (Å²) in [6.07, 6.45) is -0.0221. The van der Waals surface area contributed by atoms with Gasteiger partial charge < -0.3 is 24.2 Å². The first-order valence-corrected chi connectivity index (χ1v) is 12.6. The number of hydrogen-bond donors (Lipinski definition) is 1. The first-order valence-electron chi connectivity index (χ1n) is 11.9. The monoisotopic (exact) mass is 555 g/mol. The molecular weight excluding hydrogens is 529 g/mol. The molecule has 1 N–H and O–H groups in total. The molecule has 0 spiro atoms. The number of likely N-dealkylation sites (tertiary alicyclic amines) is 1. The molecule has 1 amide bonds. The molecule has 4 rings (SSSR count). The zero-order valence-corrected chi connectivity index (χ0v) is 22.8. The van der Waals surface area contributed by atoms with Crippen LogP contribution in [0.3, 0.4) is 0 Å². The first-order chi connectivity index (χ1) is 18.1. The molecule has 3 aromatic carbocycles. The van der Waals surface area contributed by atoms with Crippen molar-refractivity contribution in [3.8, 4) is 17.2 Å². The van der Waals surface area contributed by atoms with Gasteiger partial charge in [0, 0.05) is 12.1 Å². The van der Waals surface area contributed by atoms with Crippen LogP contribution < -0.4 is 14.2 Å². The molecule has 0 radical (unpaired) electrons. The molecular formula is C29H27Cl2NO6. The maximum absolute atomic E-state index is 13.4. The van der Waals surface area contributed by atoms with Gasteiger partial charge in [-0.05, 0) is 61.4 Å². The number of methoxy groups -OCH3 is 2.